The lowest BCUT2D eigenvalue weighted by Gasteiger charge is -2.12. The van der Waals surface area contributed by atoms with Gasteiger partial charge in [0.05, 0.1) is 24.4 Å². The Morgan fingerprint density at radius 1 is 1.19 bits per heavy atom. The van der Waals surface area contributed by atoms with Crippen molar-refractivity contribution in [2.75, 3.05) is 13.2 Å². The number of carbonyl (C=O) groups is 1. The lowest BCUT2D eigenvalue weighted by atomic mass is 9.97. The summed E-state index contributed by atoms with van der Waals surface area (Å²) in [5.74, 6) is -0.534. The summed E-state index contributed by atoms with van der Waals surface area (Å²) < 4.78 is 40.6. The fraction of sp³-hybridized carbons (Fsp3) is 0.346. The summed E-state index contributed by atoms with van der Waals surface area (Å²) in [4.78, 5) is 16.9. The highest BCUT2D eigenvalue weighted by Crippen LogP contribution is 2.32. The molecule has 11 heteroatoms. The van der Waals surface area contributed by atoms with Gasteiger partial charge in [-0.25, -0.2) is 18.3 Å². The third-order valence-corrected chi connectivity index (χ3v) is 6.09. The van der Waals surface area contributed by atoms with Crippen molar-refractivity contribution in [2.24, 2.45) is 0 Å². The zero-order valence-corrected chi connectivity index (χ0v) is 20.7. The van der Waals surface area contributed by atoms with Gasteiger partial charge in [-0.15, -0.1) is 10.2 Å². The summed E-state index contributed by atoms with van der Waals surface area (Å²) in [7, 11) is 0. The van der Waals surface area contributed by atoms with E-state index in [0.717, 1.165) is 17.6 Å². The smallest absolute Gasteiger partial charge is 0.309 e. The van der Waals surface area contributed by atoms with E-state index in [9.17, 15) is 13.6 Å². The van der Waals surface area contributed by atoms with Crippen LogP contribution in [-0.2, 0) is 16.7 Å². The van der Waals surface area contributed by atoms with E-state index >= 15 is 0 Å². The highest BCUT2D eigenvalue weighted by molar-refractivity contribution is 5.89. The van der Waals surface area contributed by atoms with E-state index in [1.807, 2.05) is 39.1 Å². The fourth-order valence-electron chi connectivity index (χ4n) is 4.09. The van der Waals surface area contributed by atoms with Gasteiger partial charge in [-0.1, -0.05) is 39.0 Å². The average molecular weight is 509 g/mol. The van der Waals surface area contributed by atoms with Gasteiger partial charge in [-0.2, -0.15) is 5.10 Å². The Kier molecular flexibility index (Phi) is 6.55. The number of fused-ring (bicyclic) bond motifs is 1. The van der Waals surface area contributed by atoms with Crippen LogP contribution in [0.2, 0.25) is 0 Å². The van der Waals surface area contributed by atoms with Crippen molar-refractivity contribution in [2.45, 2.75) is 45.6 Å². The van der Waals surface area contributed by atoms with Crippen molar-refractivity contribution in [1.82, 2.24) is 30.1 Å². The number of alkyl halides is 2. The van der Waals surface area contributed by atoms with Crippen LogP contribution in [0.3, 0.4) is 0 Å². The van der Waals surface area contributed by atoms with E-state index in [-0.39, 0.29) is 23.6 Å². The number of aromatic nitrogens is 5. The molecule has 1 N–H and O–H groups in total. The molecule has 0 atom stereocenters. The van der Waals surface area contributed by atoms with Crippen molar-refractivity contribution in [3.05, 3.63) is 71.3 Å². The molecule has 0 saturated heterocycles. The van der Waals surface area contributed by atoms with E-state index in [2.05, 4.69) is 25.6 Å². The Labute approximate surface area is 211 Å². The van der Waals surface area contributed by atoms with Crippen LogP contribution in [0, 0.1) is 0 Å². The molecule has 37 heavy (non-hydrogen) atoms. The SMILES string of the molecule is CC(C)(C)c1nnc(C(=O)NCc2ccc(-c3ncnn4cc(C5=CCOCC5)cc34)cc2C(F)F)o1. The largest absolute Gasteiger partial charge is 0.416 e. The van der Waals surface area contributed by atoms with Gasteiger partial charge in [-0.05, 0) is 35.3 Å². The molecule has 0 unspecified atom stereocenters. The first-order valence-electron chi connectivity index (χ1n) is 11.8. The normalized spacial score (nSPS) is 14.3. The van der Waals surface area contributed by atoms with Gasteiger partial charge < -0.3 is 14.5 Å². The van der Waals surface area contributed by atoms with Crippen molar-refractivity contribution >= 4 is 17.0 Å². The van der Waals surface area contributed by atoms with Gasteiger partial charge in [0, 0.05) is 29.3 Å². The van der Waals surface area contributed by atoms with Crippen LogP contribution in [0.25, 0.3) is 22.3 Å². The minimum atomic E-state index is -2.75. The van der Waals surface area contributed by atoms with E-state index in [1.165, 1.54) is 12.4 Å². The fourth-order valence-corrected chi connectivity index (χ4v) is 4.09. The van der Waals surface area contributed by atoms with Crippen LogP contribution < -0.4 is 5.32 Å². The van der Waals surface area contributed by atoms with Crippen molar-refractivity contribution in [3.63, 3.8) is 0 Å². The third-order valence-electron chi connectivity index (χ3n) is 6.09. The highest BCUT2D eigenvalue weighted by Gasteiger charge is 2.24. The molecule has 0 radical (unpaired) electrons. The number of rotatable bonds is 6. The second-order valence-corrected chi connectivity index (χ2v) is 9.78. The molecular formula is C26H26F2N6O3. The zero-order valence-electron chi connectivity index (χ0n) is 20.7. The molecule has 9 nitrogen and oxygen atoms in total. The predicted molar refractivity (Wildman–Crippen MR) is 131 cm³/mol. The summed E-state index contributed by atoms with van der Waals surface area (Å²) in [6.45, 7) is 6.70. The molecule has 1 aliphatic rings. The average Bonchev–Trinajstić information content (AvgIpc) is 3.55. The lowest BCUT2D eigenvalue weighted by molar-refractivity contribution is 0.0911. The van der Waals surface area contributed by atoms with Crippen molar-refractivity contribution in [1.29, 1.82) is 0 Å². The number of hydrogen-bond donors (Lipinski definition) is 1. The minimum Gasteiger partial charge on any atom is -0.416 e. The zero-order chi connectivity index (χ0) is 26.2. The molecule has 1 aliphatic heterocycles. The number of amides is 1. The Morgan fingerprint density at radius 2 is 2.03 bits per heavy atom. The molecule has 4 heterocycles. The first-order chi connectivity index (χ1) is 17.7. The monoisotopic (exact) mass is 508 g/mol. The Hall–Kier alpha value is -3.99. The summed E-state index contributed by atoms with van der Waals surface area (Å²) in [5, 5.41) is 14.5. The molecule has 192 valence electrons. The van der Waals surface area contributed by atoms with E-state index < -0.39 is 17.7 Å². The number of halogens is 2. The topological polar surface area (TPSA) is 107 Å². The first-order valence-corrected chi connectivity index (χ1v) is 11.8. The van der Waals surface area contributed by atoms with Crippen LogP contribution in [0.15, 0.2) is 47.3 Å². The molecule has 0 bridgehead atoms. The van der Waals surface area contributed by atoms with Crippen LogP contribution in [0.5, 0.6) is 0 Å². The molecular weight excluding hydrogens is 482 g/mol. The number of hydrogen-bond acceptors (Lipinski definition) is 7. The van der Waals surface area contributed by atoms with E-state index in [0.29, 0.717) is 35.9 Å². The number of carbonyl (C=O) groups excluding carboxylic acids is 1. The maximum absolute atomic E-state index is 14.1. The molecule has 0 spiro atoms. The highest BCUT2D eigenvalue weighted by atomic mass is 19.3. The summed E-state index contributed by atoms with van der Waals surface area (Å²) >= 11 is 0. The molecule has 1 aromatic carbocycles. The molecule has 0 fully saturated rings. The van der Waals surface area contributed by atoms with Gasteiger partial charge in [-0.3, -0.25) is 4.79 Å². The van der Waals surface area contributed by atoms with E-state index in [1.54, 1.807) is 16.6 Å². The van der Waals surface area contributed by atoms with Gasteiger partial charge in [0.1, 0.15) is 6.33 Å². The first kappa shape index (κ1) is 24.7. The molecule has 5 rings (SSSR count). The third kappa shape index (κ3) is 5.12. The van der Waals surface area contributed by atoms with Crippen LogP contribution in [0.4, 0.5) is 8.78 Å². The number of nitrogens with zero attached hydrogens (tertiary/aromatic N) is 5. The van der Waals surface area contributed by atoms with Gasteiger partial charge in [0.25, 0.3) is 6.43 Å². The standard InChI is InChI=1S/C26H26F2N6O3/c1-26(2,3)25-33-32-24(37-25)23(35)29-12-17-5-4-16(10-19(17)22(27)28)21-20-11-18(13-34(20)31-14-30-21)15-6-8-36-9-7-15/h4-6,10-11,13-14,22H,7-9,12H2,1-3H3,(H,29,35). The second-order valence-electron chi connectivity index (χ2n) is 9.78. The second kappa shape index (κ2) is 9.81. The molecule has 3 aromatic heterocycles. The van der Waals surface area contributed by atoms with Crippen LogP contribution in [-0.4, -0.2) is 43.9 Å². The lowest BCUT2D eigenvalue weighted by Crippen LogP contribution is -2.24. The molecule has 0 saturated carbocycles. The Bertz CT molecular complexity index is 1490. The van der Waals surface area contributed by atoms with Gasteiger partial charge in [0.15, 0.2) is 0 Å². The maximum atomic E-state index is 14.1. The maximum Gasteiger partial charge on any atom is 0.309 e. The van der Waals surface area contributed by atoms with E-state index in [4.69, 9.17) is 9.15 Å². The number of nitrogens with one attached hydrogen (secondary N) is 1. The van der Waals surface area contributed by atoms with Crippen LogP contribution >= 0.6 is 0 Å². The van der Waals surface area contributed by atoms with Gasteiger partial charge >= 0.3 is 11.8 Å². The summed E-state index contributed by atoms with van der Waals surface area (Å²) in [5.41, 5.74) is 3.57. The summed E-state index contributed by atoms with van der Waals surface area (Å²) in [6, 6.07) is 6.63. The number of ether oxygens (including phenoxy) is 1. The molecule has 1 amide bonds. The quantitative estimate of drug-likeness (QED) is 0.401. The molecule has 0 aliphatic carbocycles. The summed E-state index contributed by atoms with van der Waals surface area (Å²) in [6.07, 6.45) is 3.36. The Balaban J connectivity index is 1.40. The van der Waals surface area contributed by atoms with Crippen molar-refractivity contribution < 1.29 is 22.7 Å². The minimum absolute atomic E-state index is 0.128. The van der Waals surface area contributed by atoms with Crippen molar-refractivity contribution in [3.8, 4) is 11.3 Å². The Morgan fingerprint density at radius 3 is 2.73 bits per heavy atom. The van der Waals surface area contributed by atoms with Crippen LogP contribution in [0.1, 0.15) is 66.9 Å². The predicted octanol–water partition coefficient (Wildman–Crippen LogP) is 4.75. The molecule has 4 aromatic rings. The van der Waals surface area contributed by atoms with Gasteiger partial charge in [0.2, 0.25) is 5.89 Å². The number of benzene rings is 1.